The molecule has 1 aromatic rings. The fraction of sp³-hybridized carbons (Fsp3) is 0.615. The second-order valence-electron chi connectivity index (χ2n) is 9.40. The molecule has 1 aromatic carbocycles. The van der Waals surface area contributed by atoms with Gasteiger partial charge in [-0.05, 0) is 62.0 Å². The molecular weight excluding hydrogens is 432 g/mol. The largest absolute Gasteiger partial charge is 0.351 e. The van der Waals surface area contributed by atoms with E-state index in [9.17, 15) is 19.2 Å². The van der Waals surface area contributed by atoms with Gasteiger partial charge in [0.2, 0.25) is 5.91 Å². The Labute approximate surface area is 204 Å². The molecule has 34 heavy (non-hydrogen) atoms. The Balaban J connectivity index is 2.77. The Morgan fingerprint density at radius 1 is 0.853 bits per heavy atom. The summed E-state index contributed by atoms with van der Waals surface area (Å²) in [7, 11) is 0. The quantitative estimate of drug-likeness (QED) is 0.339. The zero-order chi connectivity index (χ0) is 25.7. The lowest BCUT2D eigenvalue weighted by atomic mass is 10.0. The molecular formula is C26H42N4O4. The highest BCUT2D eigenvalue weighted by atomic mass is 16.2. The number of nitrogens with zero attached hydrogens (tertiary/aromatic N) is 1. The molecule has 0 unspecified atom stereocenters. The first-order chi connectivity index (χ1) is 16.1. The fourth-order valence-corrected chi connectivity index (χ4v) is 3.63. The van der Waals surface area contributed by atoms with Crippen LogP contribution in [0.2, 0.25) is 0 Å². The Morgan fingerprint density at radius 3 is 1.85 bits per heavy atom. The third kappa shape index (κ3) is 10.5. The summed E-state index contributed by atoms with van der Waals surface area (Å²) in [6.07, 6.45) is 1.71. The van der Waals surface area contributed by atoms with E-state index in [1.807, 2.05) is 27.7 Å². The van der Waals surface area contributed by atoms with Gasteiger partial charge in [-0.25, -0.2) is 0 Å². The Kier molecular flexibility index (Phi) is 13.1. The van der Waals surface area contributed by atoms with Crippen molar-refractivity contribution in [1.82, 2.24) is 20.9 Å². The van der Waals surface area contributed by atoms with Gasteiger partial charge in [0.25, 0.3) is 11.8 Å². The van der Waals surface area contributed by atoms with Crippen molar-refractivity contribution in [2.24, 2.45) is 11.8 Å². The van der Waals surface area contributed by atoms with Crippen LogP contribution in [0, 0.1) is 11.8 Å². The number of carbonyl (C=O) groups is 4. The molecule has 3 N–H and O–H groups in total. The van der Waals surface area contributed by atoms with Crippen LogP contribution in [-0.4, -0.2) is 67.2 Å². The van der Waals surface area contributed by atoms with Crippen LogP contribution in [0.5, 0.6) is 0 Å². The summed E-state index contributed by atoms with van der Waals surface area (Å²) >= 11 is 0. The Hall–Kier alpha value is -2.74. The van der Waals surface area contributed by atoms with Crippen LogP contribution in [0.1, 0.15) is 75.1 Å². The monoisotopic (exact) mass is 474 g/mol. The summed E-state index contributed by atoms with van der Waals surface area (Å²) in [5.74, 6) is -0.550. The highest BCUT2D eigenvalue weighted by Gasteiger charge is 2.25. The van der Waals surface area contributed by atoms with Gasteiger partial charge in [-0.1, -0.05) is 41.5 Å². The molecule has 0 bridgehead atoms. The van der Waals surface area contributed by atoms with Crippen molar-refractivity contribution < 1.29 is 19.2 Å². The SMILES string of the molecule is CCN(CC)CCNC(=O)c1ccc(C(=O)N[C@@H](CC(C)C)C(=O)N[C@H](C=O)CC(C)C)cc1. The maximum Gasteiger partial charge on any atom is 0.251 e. The Morgan fingerprint density at radius 2 is 1.38 bits per heavy atom. The molecule has 8 nitrogen and oxygen atoms in total. The molecule has 0 aromatic heterocycles. The molecule has 0 aliphatic rings. The molecule has 3 amide bonds. The van der Waals surface area contributed by atoms with Crippen molar-refractivity contribution in [3.63, 3.8) is 0 Å². The third-order valence-corrected chi connectivity index (χ3v) is 5.56. The van der Waals surface area contributed by atoms with E-state index in [1.165, 1.54) is 0 Å². The van der Waals surface area contributed by atoms with Crippen LogP contribution in [0.15, 0.2) is 24.3 Å². The summed E-state index contributed by atoms with van der Waals surface area (Å²) in [6, 6.07) is 5.01. The molecule has 0 aliphatic carbocycles. The fourth-order valence-electron chi connectivity index (χ4n) is 3.63. The summed E-state index contributed by atoms with van der Waals surface area (Å²) in [5, 5.41) is 8.41. The average Bonchev–Trinajstić information content (AvgIpc) is 2.80. The first-order valence-electron chi connectivity index (χ1n) is 12.3. The van der Waals surface area contributed by atoms with Crippen LogP contribution < -0.4 is 16.0 Å². The number of rotatable bonds is 15. The van der Waals surface area contributed by atoms with E-state index in [0.717, 1.165) is 25.9 Å². The van der Waals surface area contributed by atoms with Crippen molar-refractivity contribution in [2.45, 2.75) is 66.5 Å². The van der Waals surface area contributed by atoms with Crippen LogP contribution in [-0.2, 0) is 9.59 Å². The highest BCUT2D eigenvalue weighted by molar-refractivity contribution is 5.99. The number of likely N-dealkylation sites (N-methyl/N-ethyl adjacent to an activating group) is 1. The minimum Gasteiger partial charge on any atom is -0.351 e. The lowest BCUT2D eigenvalue weighted by Crippen LogP contribution is -2.50. The smallest absolute Gasteiger partial charge is 0.251 e. The van der Waals surface area contributed by atoms with Gasteiger partial charge < -0.3 is 25.6 Å². The topological polar surface area (TPSA) is 108 Å². The molecule has 0 radical (unpaired) electrons. The molecule has 0 fully saturated rings. The van der Waals surface area contributed by atoms with Gasteiger partial charge in [0.05, 0.1) is 6.04 Å². The van der Waals surface area contributed by atoms with E-state index in [1.54, 1.807) is 24.3 Å². The lowest BCUT2D eigenvalue weighted by molar-refractivity contribution is -0.126. The average molecular weight is 475 g/mol. The van der Waals surface area contributed by atoms with Gasteiger partial charge in [-0.2, -0.15) is 0 Å². The molecule has 190 valence electrons. The van der Waals surface area contributed by atoms with Crippen molar-refractivity contribution in [2.75, 3.05) is 26.2 Å². The van der Waals surface area contributed by atoms with E-state index in [2.05, 4.69) is 34.7 Å². The standard InChI is InChI=1S/C26H42N4O4/c1-7-30(8-2)14-13-27-24(32)20-9-11-21(12-10-20)25(33)29-23(16-19(5)6)26(34)28-22(17-31)15-18(3)4/h9-12,17-19,22-23H,7-8,13-16H2,1-6H3,(H,27,32)(H,28,34)(H,29,33)/t22-,23-/m0/s1. The maximum atomic E-state index is 12.8. The number of hydrogen-bond donors (Lipinski definition) is 3. The minimum atomic E-state index is -0.759. The zero-order valence-electron chi connectivity index (χ0n) is 21.5. The van der Waals surface area contributed by atoms with Crippen LogP contribution in [0.3, 0.4) is 0 Å². The van der Waals surface area contributed by atoms with Crippen LogP contribution in [0.4, 0.5) is 0 Å². The summed E-state index contributed by atoms with van der Waals surface area (Å²) < 4.78 is 0. The minimum absolute atomic E-state index is 0.165. The van der Waals surface area contributed by atoms with E-state index in [-0.39, 0.29) is 23.7 Å². The van der Waals surface area contributed by atoms with Gasteiger partial charge in [0.15, 0.2) is 0 Å². The predicted octanol–water partition coefficient (Wildman–Crippen LogP) is 2.63. The number of carbonyl (C=O) groups excluding carboxylic acids is 4. The van der Waals surface area contributed by atoms with Gasteiger partial charge in [0.1, 0.15) is 12.3 Å². The summed E-state index contributed by atoms with van der Waals surface area (Å²) in [4.78, 5) is 51.5. The van der Waals surface area contributed by atoms with Gasteiger partial charge in [-0.15, -0.1) is 0 Å². The number of benzene rings is 1. The molecule has 0 heterocycles. The molecule has 0 saturated carbocycles. The number of amides is 3. The number of nitrogens with one attached hydrogen (secondary N) is 3. The lowest BCUT2D eigenvalue weighted by Gasteiger charge is -2.23. The molecule has 0 aliphatic heterocycles. The van der Waals surface area contributed by atoms with Gasteiger partial charge in [-0.3, -0.25) is 14.4 Å². The Bertz CT molecular complexity index is 788. The molecule has 0 spiro atoms. The second-order valence-corrected chi connectivity index (χ2v) is 9.40. The van der Waals surface area contributed by atoms with Crippen molar-refractivity contribution in [3.05, 3.63) is 35.4 Å². The number of aldehydes is 1. The summed E-state index contributed by atoms with van der Waals surface area (Å²) in [5.41, 5.74) is 0.824. The van der Waals surface area contributed by atoms with Crippen molar-refractivity contribution in [1.29, 1.82) is 0 Å². The summed E-state index contributed by atoms with van der Waals surface area (Å²) in [6.45, 7) is 15.2. The maximum absolute atomic E-state index is 12.8. The molecule has 1 rings (SSSR count). The van der Waals surface area contributed by atoms with Gasteiger partial charge in [0, 0.05) is 24.2 Å². The van der Waals surface area contributed by atoms with Crippen molar-refractivity contribution >= 4 is 24.0 Å². The van der Waals surface area contributed by atoms with Gasteiger partial charge >= 0.3 is 0 Å². The van der Waals surface area contributed by atoms with E-state index in [4.69, 9.17) is 0 Å². The van der Waals surface area contributed by atoms with Crippen molar-refractivity contribution in [3.8, 4) is 0 Å². The van der Waals surface area contributed by atoms with Crippen LogP contribution >= 0.6 is 0 Å². The molecule has 0 saturated heterocycles. The van der Waals surface area contributed by atoms with Crippen LogP contribution in [0.25, 0.3) is 0 Å². The highest BCUT2D eigenvalue weighted by Crippen LogP contribution is 2.10. The normalized spacial score (nSPS) is 13.0. The third-order valence-electron chi connectivity index (χ3n) is 5.56. The zero-order valence-corrected chi connectivity index (χ0v) is 21.5. The first kappa shape index (κ1) is 29.3. The first-order valence-corrected chi connectivity index (χ1v) is 12.3. The van der Waals surface area contributed by atoms with E-state index in [0.29, 0.717) is 30.5 Å². The second kappa shape index (κ2) is 15.2. The van der Waals surface area contributed by atoms with E-state index >= 15 is 0 Å². The molecule has 8 heteroatoms. The van der Waals surface area contributed by atoms with E-state index < -0.39 is 18.0 Å². The number of hydrogen-bond acceptors (Lipinski definition) is 5. The molecule has 2 atom stereocenters. The predicted molar refractivity (Wildman–Crippen MR) is 135 cm³/mol.